The molecule has 2 aromatic carbocycles. The molecule has 0 N–H and O–H groups in total. The molecule has 3 aliphatic carbocycles. The van der Waals surface area contributed by atoms with E-state index >= 15 is 0 Å². The van der Waals surface area contributed by atoms with Gasteiger partial charge in [0.05, 0.1) is 20.2 Å². The summed E-state index contributed by atoms with van der Waals surface area (Å²) in [6, 6.07) is 17.8. The van der Waals surface area contributed by atoms with Crippen molar-refractivity contribution in [2.45, 2.75) is 35.8 Å². The molecule has 0 aliphatic heterocycles. The first-order chi connectivity index (χ1) is 10.1. The normalized spacial score (nSPS) is 28.9. The topological polar surface area (TPSA) is 29.4 Å². The molecule has 2 bridgehead atoms. The SMILES string of the molecule is Cc1ccccc1N=S(=O)(c1ccccc1)C12CC(C1)C2. The largest absolute Gasteiger partial charge is 0.244 e. The van der Waals surface area contributed by atoms with E-state index < -0.39 is 9.73 Å². The summed E-state index contributed by atoms with van der Waals surface area (Å²) in [7, 11) is -2.39. The van der Waals surface area contributed by atoms with Gasteiger partial charge >= 0.3 is 0 Å². The standard InChI is InChI=1S/C18H19NOS/c1-14-7-5-6-10-17(14)19-21(20,16-8-3-2-4-9-16)18-11-15(12-18)13-18/h2-10,15H,11-13H2,1H3. The van der Waals surface area contributed by atoms with Crippen LogP contribution in [0.4, 0.5) is 5.69 Å². The van der Waals surface area contributed by atoms with Crippen molar-refractivity contribution in [2.24, 2.45) is 10.3 Å². The van der Waals surface area contributed by atoms with Crippen molar-refractivity contribution in [3.05, 3.63) is 60.2 Å². The molecule has 0 aromatic heterocycles. The minimum atomic E-state index is -2.39. The van der Waals surface area contributed by atoms with Gasteiger partial charge in [0.1, 0.15) is 0 Å². The molecule has 0 heterocycles. The summed E-state index contributed by atoms with van der Waals surface area (Å²) < 4.78 is 18.6. The lowest BCUT2D eigenvalue weighted by atomic mass is 9.55. The summed E-state index contributed by atoms with van der Waals surface area (Å²) in [5, 5.41) is 0. The smallest absolute Gasteiger partial charge is 0.0859 e. The predicted octanol–water partition coefficient (Wildman–Crippen LogP) is 4.71. The lowest BCUT2D eigenvalue weighted by Crippen LogP contribution is -2.62. The monoisotopic (exact) mass is 297 g/mol. The Morgan fingerprint density at radius 3 is 2.19 bits per heavy atom. The molecule has 0 amide bonds. The van der Waals surface area contributed by atoms with Gasteiger partial charge in [0, 0.05) is 4.90 Å². The van der Waals surface area contributed by atoms with Crippen molar-refractivity contribution in [1.82, 2.24) is 0 Å². The Bertz CT molecular complexity index is 786. The van der Waals surface area contributed by atoms with Gasteiger partial charge in [0.2, 0.25) is 0 Å². The Labute approximate surface area is 126 Å². The van der Waals surface area contributed by atoms with E-state index in [9.17, 15) is 4.21 Å². The third-order valence-corrected chi connectivity index (χ3v) is 8.01. The first-order valence-corrected chi connectivity index (χ1v) is 9.02. The van der Waals surface area contributed by atoms with E-state index in [2.05, 4.69) is 0 Å². The molecule has 2 nitrogen and oxygen atoms in total. The molecule has 108 valence electrons. The number of rotatable bonds is 3. The molecular weight excluding hydrogens is 278 g/mol. The summed E-state index contributed by atoms with van der Waals surface area (Å²) >= 11 is 0. The average molecular weight is 297 g/mol. The van der Waals surface area contributed by atoms with Crippen molar-refractivity contribution in [2.75, 3.05) is 0 Å². The highest BCUT2D eigenvalue weighted by atomic mass is 32.2. The van der Waals surface area contributed by atoms with Crippen LogP contribution in [0.5, 0.6) is 0 Å². The summed E-state index contributed by atoms with van der Waals surface area (Å²) in [5.74, 6) is 0.793. The van der Waals surface area contributed by atoms with Crippen molar-refractivity contribution in [3.8, 4) is 0 Å². The minimum Gasteiger partial charge on any atom is -0.244 e. The maximum absolute atomic E-state index is 13.9. The van der Waals surface area contributed by atoms with Gasteiger partial charge in [-0.2, -0.15) is 4.36 Å². The second kappa shape index (κ2) is 4.44. The van der Waals surface area contributed by atoms with E-state index in [1.54, 1.807) is 0 Å². The molecule has 21 heavy (non-hydrogen) atoms. The highest BCUT2D eigenvalue weighted by Gasteiger charge is 2.63. The van der Waals surface area contributed by atoms with Gasteiger partial charge in [-0.15, -0.1) is 0 Å². The number of nitrogens with zero attached hydrogens (tertiary/aromatic N) is 1. The summed E-state index contributed by atoms with van der Waals surface area (Å²) in [6.45, 7) is 2.03. The molecule has 3 heteroatoms. The molecular formula is C18H19NOS. The van der Waals surface area contributed by atoms with Crippen LogP contribution in [-0.2, 0) is 9.73 Å². The van der Waals surface area contributed by atoms with E-state index in [4.69, 9.17) is 4.36 Å². The van der Waals surface area contributed by atoms with Crippen LogP contribution in [0.1, 0.15) is 24.8 Å². The van der Waals surface area contributed by atoms with Crippen LogP contribution in [-0.4, -0.2) is 8.96 Å². The highest BCUT2D eigenvalue weighted by Crippen LogP contribution is 2.64. The van der Waals surface area contributed by atoms with Gasteiger partial charge in [-0.1, -0.05) is 36.4 Å². The number of hydrogen-bond donors (Lipinski definition) is 0. The maximum Gasteiger partial charge on any atom is 0.0859 e. The Kier molecular flexibility index (Phi) is 2.77. The van der Waals surface area contributed by atoms with Crippen molar-refractivity contribution in [1.29, 1.82) is 0 Å². The van der Waals surface area contributed by atoms with Gasteiger partial charge in [-0.25, -0.2) is 4.21 Å². The molecule has 3 aliphatic rings. The van der Waals surface area contributed by atoms with Crippen LogP contribution in [0.2, 0.25) is 0 Å². The fourth-order valence-corrected chi connectivity index (χ4v) is 6.74. The van der Waals surface area contributed by atoms with Gasteiger partial charge in [0.15, 0.2) is 0 Å². The first-order valence-electron chi connectivity index (χ1n) is 7.50. The second-order valence-corrected chi connectivity index (χ2v) is 8.95. The second-order valence-electron chi connectivity index (χ2n) is 6.38. The summed E-state index contributed by atoms with van der Waals surface area (Å²) in [5.41, 5.74) is 1.96. The molecule has 5 rings (SSSR count). The molecule has 3 saturated carbocycles. The fraction of sp³-hybridized carbons (Fsp3) is 0.333. The zero-order valence-corrected chi connectivity index (χ0v) is 13.0. The first kappa shape index (κ1) is 13.1. The third-order valence-electron chi connectivity index (χ3n) is 4.97. The van der Waals surface area contributed by atoms with Gasteiger partial charge in [-0.3, -0.25) is 0 Å². The van der Waals surface area contributed by atoms with Crippen LogP contribution < -0.4 is 0 Å². The van der Waals surface area contributed by atoms with E-state index in [0.29, 0.717) is 0 Å². The molecule has 0 spiro atoms. The molecule has 2 aromatic rings. The maximum atomic E-state index is 13.9. The highest BCUT2D eigenvalue weighted by molar-refractivity contribution is 7.95. The summed E-state index contributed by atoms with van der Waals surface area (Å²) in [6.07, 6.45) is 3.24. The quantitative estimate of drug-likeness (QED) is 0.807. The molecule has 0 radical (unpaired) electrons. The van der Waals surface area contributed by atoms with Gasteiger partial charge in [-0.05, 0) is 55.9 Å². The number of aryl methyl sites for hydroxylation is 1. The van der Waals surface area contributed by atoms with Crippen molar-refractivity contribution < 1.29 is 4.21 Å². The zero-order chi connectivity index (χ0) is 14.5. The van der Waals surface area contributed by atoms with E-state index in [-0.39, 0.29) is 4.75 Å². The Balaban J connectivity index is 1.93. The number of benzene rings is 2. The van der Waals surface area contributed by atoms with E-state index in [1.165, 1.54) is 0 Å². The van der Waals surface area contributed by atoms with E-state index in [0.717, 1.165) is 41.3 Å². The zero-order valence-electron chi connectivity index (χ0n) is 12.2. The van der Waals surface area contributed by atoms with Crippen LogP contribution in [0.3, 0.4) is 0 Å². The lowest BCUT2D eigenvalue weighted by molar-refractivity contribution is 0.0516. The minimum absolute atomic E-state index is 0.0682. The number of hydrogen-bond acceptors (Lipinski definition) is 2. The van der Waals surface area contributed by atoms with Crippen LogP contribution in [0, 0.1) is 12.8 Å². The molecule has 1 atom stereocenters. The fourth-order valence-electron chi connectivity index (χ4n) is 3.55. The Morgan fingerprint density at radius 1 is 1.00 bits per heavy atom. The predicted molar refractivity (Wildman–Crippen MR) is 86.2 cm³/mol. The Morgan fingerprint density at radius 2 is 1.62 bits per heavy atom. The summed E-state index contributed by atoms with van der Waals surface area (Å²) in [4.78, 5) is 0.895. The molecule has 1 unspecified atom stereocenters. The van der Waals surface area contributed by atoms with Crippen molar-refractivity contribution in [3.63, 3.8) is 0 Å². The van der Waals surface area contributed by atoms with Crippen molar-refractivity contribution >= 4 is 15.4 Å². The Hall–Kier alpha value is -1.61. The third kappa shape index (κ3) is 1.80. The van der Waals surface area contributed by atoms with Gasteiger partial charge in [0.25, 0.3) is 0 Å². The lowest BCUT2D eigenvalue weighted by Gasteiger charge is -2.62. The average Bonchev–Trinajstić information content (AvgIpc) is 2.39. The molecule has 3 fully saturated rings. The van der Waals surface area contributed by atoms with Crippen LogP contribution in [0.25, 0.3) is 0 Å². The molecule has 0 saturated heterocycles. The van der Waals surface area contributed by atoms with E-state index in [1.807, 2.05) is 61.5 Å². The van der Waals surface area contributed by atoms with Crippen LogP contribution >= 0.6 is 0 Å². The van der Waals surface area contributed by atoms with Crippen LogP contribution in [0.15, 0.2) is 63.9 Å². The van der Waals surface area contributed by atoms with Gasteiger partial charge < -0.3 is 0 Å².